The number of methoxy groups -OCH3 is 1. The van der Waals surface area contributed by atoms with Crippen LogP contribution in [0.5, 0.6) is 23.0 Å². The fourth-order valence-corrected chi connectivity index (χ4v) is 4.08. The SMILES string of the molecule is COc1ccc(Oc2c(C)oc3c(CN4CCC[C@H](C)C4)c(O)ccc3c2=O)cc1. The Morgan fingerprint density at radius 2 is 1.90 bits per heavy atom. The van der Waals surface area contributed by atoms with E-state index in [0.29, 0.717) is 46.3 Å². The minimum absolute atomic E-state index is 0.145. The van der Waals surface area contributed by atoms with Crippen molar-refractivity contribution < 1.29 is 19.0 Å². The van der Waals surface area contributed by atoms with Crippen molar-refractivity contribution in [2.75, 3.05) is 20.2 Å². The maximum Gasteiger partial charge on any atom is 0.235 e. The lowest BCUT2D eigenvalue weighted by Gasteiger charge is -2.31. The maximum absolute atomic E-state index is 13.2. The first-order valence-electron chi connectivity index (χ1n) is 10.3. The second-order valence-electron chi connectivity index (χ2n) is 8.02. The molecule has 1 saturated heterocycles. The summed E-state index contributed by atoms with van der Waals surface area (Å²) in [5, 5.41) is 10.9. The maximum atomic E-state index is 13.2. The van der Waals surface area contributed by atoms with Crippen LogP contribution in [0.15, 0.2) is 45.6 Å². The number of ether oxygens (including phenoxy) is 2. The molecule has 0 unspecified atom stereocenters. The second kappa shape index (κ2) is 8.40. The van der Waals surface area contributed by atoms with E-state index in [-0.39, 0.29) is 16.9 Å². The number of hydrogen-bond acceptors (Lipinski definition) is 6. The van der Waals surface area contributed by atoms with E-state index in [4.69, 9.17) is 13.9 Å². The van der Waals surface area contributed by atoms with Gasteiger partial charge in [0.2, 0.25) is 11.2 Å². The number of nitrogens with zero attached hydrogens (tertiary/aromatic N) is 1. The van der Waals surface area contributed by atoms with Crippen molar-refractivity contribution in [3.63, 3.8) is 0 Å². The molecule has 0 bridgehead atoms. The van der Waals surface area contributed by atoms with Crippen LogP contribution in [-0.2, 0) is 6.54 Å². The van der Waals surface area contributed by atoms with E-state index in [1.165, 1.54) is 6.42 Å². The van der Waals surface area contributed by atoms with Gasteiger partial charge in [-0.2, -0.15) is 0 Å². The number of phenolic OH excluding ortho intramolecular Hbond substituents is 1. The minimum atomic E-state index is -0.252. The summed E-state index contributed by atoms with van der Waals surface area (Å²) in [5.74, 6) is 2.52. The molecule has 1 atom stereocenters. The number of aryl methyl sites for hydroxylation is 1. The van der Waals surface area contributed by atoms with Crippen LogP contribution >= 0.6 is 0 Å². The molecular formula is C24H27NO5. The summed E-state index contributed by atoms with van der Waals surface area (Å²) >= 11 is 0. The van der Waals surface area contributed by atoms with Crippen molar-refractivity contribution in [3.8, 4) is 23.0 Å². The molecule has 158 valence electrons. The van der Waals surface area contributed by atoms with Crippen molar-refractivity contribution in [2.45, 2.75) is 33.2 Å². The lowest BCUT2D eigenvalue weighted by Crippen LogP contribution is -2.33. The Kier molecular flexibility index (Phi) is 5.68. The van der Waals surface area contributed by atoms with Crippen LogP contribution in [0.1, 0.15) is 31.1 Å². The molecule has 1 aliphatic rings. The Bertz CT molecular complexity index is 1100. The summed E-state index contributed by atoms with van der Waals surface area (Å²) in [6.45, 7) is 6.44. The highest BCUT2D eigenvalue weighted by Gasteiger charge is 2.22. The van der Waals surface area contributed by atoms with Crippen molar-refractivity contribution in [1.82, 2.24) is 4.90 Å². The molecule has 0 amide bonds. The van der Waals surface area contributed by atoms with Crippen LogP contribution in [0.3, 0.4) is 0 Å². The number of benzene rings is 2. The summed E-state index contributed by atoms with van der Waals surface area (Å²) in [5.41, 5.74) is 0.827. The summed E-state index contributed by atoms with van der Waals surface area (Å²) in [7, 11) is 1.59. The molecular weight excluding hydrogens is 382 g/mol. The fourth-order valence-electron chi connectivity index (χ4n) is 4.08. The Morgan fingerprint density at radius 1 is 1.17 bits per heavy atom. The van der Waals surface area contributed by atoms with Gasteiger partial charge in [-0.25, -0.2) is 0 Å². The van der Waals surface area contributed by atoms with E-state index >= 15 is 0 Å². The lowest BCUT2D eigenvalue weighted by molar-refractivity contribution is 0.175. The van der Waals surface area contributed by atoms with Gasteiger partial charge < -0.3 is 19.0 Å². The van der Waals surface area contributed by atoms with Gasteiger partial charge in [0.1, 0.15) is 28.6 Å². The first-order valence-corrected chi connectivity index (χ1v) is 10.3. The number of likely N-dealkylation sites (tertiary alicyclic amines) is 1. The molecule has 6 nitrogen and oxygen atoms in total. The predicted molar refractivity (Wildman–Crippen MR) is 116 cm³/mol. The highest BCUT2D eigenvalue weighted by molar-refractivity contribution is 5.83. The molecule has 2 aromatic carbocycles. The Morgan fingerprint density at radius 3 is 2.60 bits per heavy atom. The molecule has 0 saturated carbocycles. The van der Waals surface area contributed by atoms with E-state index in [0.717, 1.165) is 19.5 Å². The molecule has 0 spiro atoms. The molecule has 30 heavy (non-hydrogen) atoms. The standard InChI is InChI=1S/C24H27NO5/c1-15-5-4-12-25(13-15)14-20-21(26)11-10-19-22(27)23(16(2)29-24(19)20)30-18-8-6-17(28-3)7-9-18/h6-11,15,26H,4-5,12-14H2,1-3H3/t15-/m0/s1. The Labute approximate surface area is 175 Å². The summed E-state index contributed by atoms with van der Waals surface area (Å²) < 4.78 is 17.0. The monoisotopic (exact) mass is 409 g/mol. The largest absolute Gasteiger partial charge is 0.507 e. The van der Waals surface area contributed by atoms with Crippen molar-refractivity contribution >= 4 is 11.0 Å². The average Bonchev–Trinajstić information content (AvgIpc) is 2.74. The second-order valence-corrected chi connectivity index (χ2v) is 8.02. The molecule has 3 aromatic rings. The average molecular weight is 409 g/mol. The number of rotatable bonds is 5. The van der Waals surface area contributed by atoms with E-state index in [2.05, 4.69) is 11.8 Å². The van der Waals surface area contributed by atoms with E-state index in [9.17, 15) is 9.90 Å². The van der Waals surface area contributed by atoms with Crippen LogP contribution in [0.4, 0.5) is 0 Å². The third-order valence-electron chi connectivity index (χ3n) is 5.66. The van der Waals surface area contributed by atoms with Gasteiger partial charge in [0, 0.05) is 13.1 Å². The predicted octanol–water partition coefficient (Wildman–Crippen LogP) is 4.84. The van der Waals surface area contributed by atoms with Gasteiger partial charge in [0.25, 0.3) is 0 Å². The number of hydrogen-bond donors (Lipinski definition) is 1. The minimum Gasteiger partial charge on any atom is -0.507 e. The van der Waals surface area contributed by atoms with Gasteiger partial charge in [0.15, 0.2) is 0 Å². The van der Waals surface area contributed by atoms with Crippen LogP contribution in [0.2, 0.25) is 0 Å². The van der Waals surface area contributed by atoms with Crippen molar-refractivity contribution in [1.29, 1.82) is 0 Å². The first kappa shape index (κ1) is 20.3. The smallest absolute Gasteiger partial charge is 0.235 e. The molecule has 0 aliphatic carbocycles. The Balaban J connectivity index is 1.71. The van der Waals surface area contributed by atoms with Crippen molar-refractivity contribution in [3.05, 3.63) is 57.9 Å². The van der Waals surface area contributed by atoms with Crippen LogP contribution in [0, 0.1) is 12.8 Å². The fraction of sp³-hybridized carbons (Fsp3) is 0.375. The third kappa shape index (κ3) is 4.00. The van der Waals surface area contributed by atoms with Gasteiger partial charge in [-0.05, 0) is 68.6 Å². The number of fused-ring (bicyclic) bond motifs is 1. The van der Waals surface area contributed by atoms with E-state index < -0.39 is 0 Å². The summed E-state index contributed by atoms with van der Waals surface area (Å²) in [4.78, 5) is 15.5. The van der Waals surface area contributed by atoms with Gasteiger partial charge >= 0.3 is 0 Å². The van der Waals surface area contributed by atoms with Crippen LogP contribution < -0.4 is 14.9 Å². The lowest BCUT2D eigenvalue weighted by atomic mass is 9.99. The molecule has 1 fully saturated rings. The van der Waals surface area contributed by atoms with Crippen LogP contribution in [0.25, 0.3) is 11.0 Å². The normalized spacial score (nSPS) is 17.2. The molecule has 1 aromatic heterocycles. The third-order valence-corrected chi connectivity index (χ3v) is 5.66. The highest BCUT2D eigenvalue weighted by Crippen LogP contribution is 2.32. The molecule has 6 heteroatoms. The molecule has 0 radical (unpaired) electrons. The molecule has 1 aliphatic heterocycles. The topological polar surface area (TPSA) is 72.1 Å². The van der Waals surface area contributed by atoms with E-state index in [1.807, 2.05) is 0 Å². The van der Waals surface area contributed by atoms with Crippen molar-refractivity contribution in [2.24, 2.45) is 5.92 Å². The van der Waals surface area contributed by atoms with Gasteiger partial charge in [-0.15, -0.1) is 0 Å². The number of piperidine rings is 1. The zero-order chi connectivity index (χ0) is 21.3. The molecule has 2 heterocycles. The molecule has 4 rings (SSSR count). The van der Waals surface area contributed by atoms with Gasteiger partial charge in [-0.1, -0.05) is 6.92 Å². The highest BCUT2D eigenvalue weighted by atomic mass is 16.5. The molecule has 1 N–H and O–H groups in total. The van der Waals surface area contributed by atoms with Crippen LogP contribution in [-0.4, -0.2) is 30.2 Å². The number of aromatic hydroxyl groups is 1. The Hall–Kier alpha value is -2.99. The van der Waals surface area contributed by atoms with Gasteiger partial charge in [0.05, 0.1) is 18.1 Å². The quantitative estimate of drug-likeness (QED) is 0.650. The summed E-state index contributed by atoms with van der Waals surface area (Å²) in [6.07, 6.45) is 2.35. The number of phenols is 1. The van der Waals surface area contributed by atoms with E-state index in [1.54, 1.807) is 50.4 Å². The zero-order valence-corrected chi connectivity index (χ0v) is 17.6. The van der Waals surface area contributed by atoms with Gasteiger partial charge in [-0.3, -0.25) is 9.69 Å². The summed E-state index contributed by atoms with van der Waals surface area (Å²) in [6, 6.07) is 10.2. The first-order chi connectivity index (χ1) is 14.5. The zero-order valence-electron chi connectivity index (χ0n) is 17.6.